The smallest absolute Gasteiger partial charge is 0.255 e. The molecule has 11 heteroatoms. The number of carbonyl (C=O) groups is 4. The molecule has 3 N–H and O–H groups in total. The maximum absolute atomic E-state index is 13.9. The Hall–Kier alpha value is -2.53. The van der Waals surface area contributed by atoms with Crippen LogP contribution in [0, 0.1) is 5.41 Å². The van der Waals surface area contributed by atoms with Crippen molar-refractivity contribution >= 4 is 35.2 Å². The molecule has 0 aromatic heterocycles. The minimum absolute atomic E-state index is 0.0189. The second-order valence-electron chi connectivity index (χ2n) is 11.1. The first-order chi connectivity index (χ1) is 18.5. The highest BCUT2D eigenvalue weighted by molar-refractivity contribution is 6.30. The van der Waals surface area contributed by atoms with Gasteiger partial charge in [-0.15, -0.1) is 0 Å². The van der Waals surface area contributed by atoms with Crippen LogP contribution in [0.1, 0.15) is 57.9 Å². The first kappa shape index (κ1) is 31.0. The molecule has 1 aromatic rings. The number of rotatable bonds is 10. The maximum atomic E-state index is 13.9. The third-order valence-corrected chi connectivity index (χ3v) is 8.04. The van der Waals surface area contributed by atoms with Gasteiger partial charge in [0.15, 0.2) is 0 Å². The summed E-state index contributed by atoms with van der Waals surface area (Å²) in [6.07, 6.45) is 5.34. The average Bonchev–Trinajstić information content (AvgIpc) is 3.43. The van der Waals surface area contributed by atoms with Crippen molar-refractivity contribution in [2.24, 2.45) is 5.41 Å². The van der Waals surface area contributed by atoms with Crippen molar-refractivity contribution in [3.8, 4) is 0 Å². The molecule has 0 spiro atoms. The molecular weight excluding hydrogens is 526 g/mol. The molecule has 1 saturated heterocycles. The van der Waals surface area contributed by atoms with Crippen LogP contribution in [0.5, 0.6) is 0 Å². The normalized spacial score (nSPS) is 19.0. The Labute approximate surface area is 234 Å². The van der Waals surface area contributed by atoms with Gasteiger partial charge in [-0.05, 0) is 50.8 Å². The van der Waals surface area contributed by atoms with E-state index in [1.54, 1.807) is 43.0 Å². The van der Waals surface area contributed by atoms with Crippen LogP contribution in [-0.2, 0) is 25.6 Å². The van der Waals surface area contributed by atoms with Crippen LogP contribution >= 0.6 is 11.6 Å². The molecule has 1 heterocycles. The van der Waals surface area contributed by atoms with E-state index in [1.165, 1.54) is 0 Å². The van der Waals surface area contributed by atoms with Gasteiger partial charge >= 0.3 is 0 Å². The average molecular weight is 566 g/mol. The van der Waals surface area contributed by atoms with Crippen molar-refractivity contribution in [1.82, 2.24) is 14.7 Å². The van der Waals surface area contributed by atoms with Crippen LogP contribution in [0.2, 0.25) is 5.02 Å². The number of likely N-dealkylation sites (tertiary alicyclic amines) is 1. The van der Waals surface area contributed by atoms with E-state index < -0.39 is 42.4 Å². The van der Waals surface area contributed by atoms with Gasteiger partial charge in [0.1, 0.15) is 19.3 Å². The summed E-state index contributed by atoms with van der Waals surface area (Å²) in [6, 6.07) is 5.08. The monoisotopic (exact) mass is 565 g/mol. The van der Waals surface area contributed by atoms with E-state index in [1.807, 2.05) is 4.90 Å². The summed E-state index contributed by atoms with van der Waals surface area (Å²) in [5.74, 6) is -2.63. The van der Waals surface area contributed by atoms with Gasteiger partial charge in [0.05, 0.1) is 18.1 Å². The third kappa shape index (κ3) is 7.36. The lowest BCUT2D eigenvalue weighted by atomic mass is 9.87. The highest BCUT2D eigenvalue weighted by Crippen LogP contribution is 2.32. The van der Waals surface area contributed by atoms with Crippen LogP contribution in [0.3, 0.4) is 0 Å². The zero-order valence-corrected chi connectivity index (χ0v) is 23.5. The fourth-order valence-electron chi connectivity index (χ4n) is 5.56. The first-order valence-corrected chi connectivity index (χ1v) is 13.9. The number of nitrogens with zero attached hydrogens (tertiary/aromatic N) is 3. The highest BCUT2D eigenvalue weighted by atomic mass is 35.5. The molecule has 4 amide bonds. The quantitative estimate of drug-likeness (QED) is 0.389. The van der Waals surface area contributed by atoms with E-state index in [0.29, 0.717) is 28.5 Å². The summed E-state index contributed by atoms with van der Waals surface area (Å²) in [6.45, 7) is 1.65. The summed E-state index contributed by atoms with van der Waals surface area (Å²) in [5.41, 5.74) is -0.331. The fraction of sp³-hybridized carbons (Fsp3) is 0.643. The van der Waals surface area contributed by atoms with Crippen molar-refractivity contribution in [2.45, 2.75) is 76.9 Å². The SMILES string of the molecule is CC(C)(CO)C(=O)N(C1CCCCC1)[C@H]1CCN(C(=O)[C@@H](Cc2ccc(Cl)cc2)N(C(=O)CO)C(=O)CO)C1. The molecule has 1 aliphatic carbocycles. The molecule has 0 bridgehead atoms. The Kier molecular flexibility index (Phi) is 10.9. The van der Waals surface area contributed by atoms with Gasteiger partial charge < -0.3 is 25.1 Å². The Morgan fingerprint density at radius 2 is 1.54 bits per heavy atom. The van der Waals surface area contributed by atoms with E-state index in [-0.39, 0.29) is 37.6 Å². The number of hydrogen-bond donors (Lipinski definition) is 3. The minimum atomic E-state index is -1.29. The maximum Gasteiger partial charge on any atom is 0.255 e. The lowest BCUT2D eigenvalue weighted by Crippen LogP contribution is -2.57. The number of halogens is 1. The largest absolute Gasteiger partial charge is 0.395 e. The standard InChI is InChI=1S/C28H40ClN3O7/c1-28(2,18-35)27(39)31(21-6-4-3-5-7-21)22-12-13-30(15-22)26(38)23(14-19-8-10-20(29)11-9-19)32(24(36)16-33)25(37)17-34/h8-11,21-23,33-35H,3-7,12-18H2,1-2H3/t22-,23+/m0/s1. The van der Waals surface area contributed by atoms with Crippen LogP contribution in [-0.4, -0.2) is 105 Å². The summed E-state index contributed by atoms with van der Waals surface area (Å²) in [7, 11) is 0. The minimum Gasteiger partial charge on any atom is -0.395 e. The predicted molar refractivity (Wildman–Crippen MR) is 145 cm³/mol. The number of hydrogen-bond acceptors (Lipinski definition) is 7. The lowest BCUT2D eigenvalue weighted by molar-refractivity contribution is -0.157. The second-order valence-corrected chi connectivity index (χ2v) is 11.5. The van der Waals surface area contributed by atoms with Crippen LogP contribution < -0.4 is 0 Å². The third-order valence-electron chi connectivity index (χ3n) is 7.79. The number of benzene rings is 1. The number of aliphatic hydroxyl groups is 3. The Balaban J connectivity index is 1.90. The molecule has 0 radical (unpaired) electrons. The van der Waals surface area contributed by atoms with E-state index in [0.717, 1.165) is 32.1 Å². The lowest BCUT2D eigenvalue weighted by Gasteiger charge is -2.42. The molecule has 1 aliphatic heterocycles. The molecule has 2 aliphatic rings. The second kappa shape index (κ2) is 13.7. The molecule has 1 aromatic carbocycles. The van der Waals surface area contributed by atoms with Crippen LogP contribution in [0.4, 0.5) is 0 Å². The molecule has 3 rings (SSSR count). The molecule has 0 unspecified atom stereocenters. The van der Waals surface area contributed by atoms with E-state index in [4.69, 9.17) is 11.6 Å². The molecule has 2 fully saturated rings. The Morgan fingerprint density at radius 3 is 2.08 bits per heavy atom. The molecule has 39 heavy (non-hydrogen) atoms. The number of imide groups is 1. The number of carbonyl (C=O) groups excluding carboxylic acids is 4. The van der Waals surface area contributed by atoms with Gasteiger partial charge in [-0.2, -0.15) is 0 Å². The summed E-state index contributed by atoms with van der Waals surface area (Å²) in [5, 5.41) is 29.5. The van der Waals surface area contributed by atoms with E-state index >= 15 is 0 Å². The number of aliphatic hydroxyl groups excluding tert-OH is 3. The summed E-state index contributed by atoms with van der Waals surface area (Å²) >= 11 is 5.99. The molecule has 216 valence electrons. The topological polar surface area (TPSA) is 139 Å². The van der Waals surface area contributed by atoms with Gasteiger partial charge in [-0.3, -0.25) is 24.1 Å². The fourth-order valence-corrected chi connectivity index (χ4v) is 5.68. The summed E-state index contributed by atoms with van der Waals surface area (Å²) < 4.78 is 0. The summed E-state index contributed by atoms with van der Waals surface area (Å²) in [4.78, 5) is 56.8. The molecule has 1 saturated carbocycles. The highest BCUT2D eigenvalue weighted by Gasteiger charge is 2.44. The van der Waals surface area contributed by atoms with Crippen LogP contribution in [0.15, 0.2) is 24.3 Å². The van der Waals surface area contributed by atoms with E-state index in [2.05, 4.69) is 0 Å². The zero-order chi connectivity index (χ0) is 28.7. The predicted octanol–water partition coefficient (Wildman–Crippen LogP) is 1.37. The van der Waals surface area contributed by atoms with Gasteiger partial charge in [0, 0.05) is 30.6 Å². The molecule has 10 nitrogen and oxygen atoms in total. The van der Waals surface area contributed by atoms with Crippen molar-refractivity contribution in [2.75, 3.05) is 32.9 Å². The zero-order valence-electron chi connectivity index (χ0n) is 22.7. The van der Waals surface area contributed by atoms with Gasteiger partial charge in [0.2, 0.25) is 11.8 Å². The Morgan fingerprint density at radius 1 is 0.949 bits per heavy atom. The van der Waals surface area contributed by atoms with Gasteiger partial charge in [-0.1, -0.05) is 43.0 Å². The van der Waals surface area contributed by atoms with Crippen molar-refractivity contribution < 1.29 is 34.5 Å². The van der Waals surface area contributed by atoms with Crippen molar-refractivity contribution in [3.05, 3.63) is 34.9 Å². The Bertz CT molecular complexity index is 1010. The van der Waals surface area contributed by atoms with Crippen molar-refractivity contribution in [3.63, 3.8) is 0 Å². The van der Waals surface area contributed by atoms with E-state index in [9.17, 15) is 34.5 Å². The van der Waals surface area contributed by atoms with Gasteiger partial charge in [-0.25, -0.2) is 0 Å². The number of amides is 4. The first-order valence-electron chi connectivity index (χ1n) is 13.6. The van der Waals surface area contributed by atoms with Gasteiger partial charge in [0.25, 0.3) is 11.8 Å². The van der Waals surface area contributed by atoms with Crippen molar-refractivity contribution in [1.29, 1.82) is 0 Å². The molecular formula is C28H40ClN3O7. The van der Waals surface area contributed by atoms with Crippen LogP contribution in [0.25, 0.3) is 0 Å². The molecule has 2 atom stereocenters.